The highest BCUT2D eigenvalue weighted by Gasteiger charge is 2.19. The van der Waals surface area contributed by atoms with E-state index in [2.05, 4.69) is 27.5 Å². The van der Waals surface area contributed by atoms with Crippen LogP contribution in [-0.4, -0.2) is 47.2 Å². The minimum absolute atomic E-state index is 0.00560. The second kappa shape index (κ2) is 5.01. The number of aromatic nitrogens is 2. The fraction of sp³-hybridized carbons (Fsp3) is 0.429. The van der Waals surface area contributed by atoms with E-state index in [1.54, 1.807) is 6.20 Å². The van der Waals surface area contributed by atoms with Gasteiger partial charge in [0.1, 0.15) is 0 Å². The number of nitrogens with one attached hydrogen (secondary N) is 2. The molecule has 1 saturated heterocycles. The van der Waals surface area contributed by atoms with Crippen molar-refractivity contribution in [2.75, 3.05) is 20.1 Å². The van der Waals surface area contributed by atoms with Crippen LogP contribution in [0.5, 0.6) is 0 Å². The third kappa shape index (κ3) is 2.61. The molecule has 1 fully saturated rings. The fourth-order valence-electron chi connectivity index (χ4n) is 2.50. The van der Waals surface area contributed by atoms with E-state index in [-0.39, 0.29) is 5.91 Å². The van der Waals surface area contributed by atoms with Gasteiger partial charge in [0.2, 0.25) is 0 Å². The summed E-state index contributed by atoms with van der Waals surface area (Å²) in [6.07, 6.45) is 3.80. The monoisotopic (exact) mass is 258 g/mol. The Morgan fingerprint density at radius 3 is 3.00 bits per heavy atom. The number of carbonyl (C=O) groups excluding carboxylic acids is 1. The minimum Gasteiger partial charge on any atom is -0.349 e. The Balaban J connectivity index is 1.69. The van der Waals surface area contributed by atoms with Crippen LogP contribution in [0.1, 0.15) is 23.2 Å². The van der Waals surface area contributed by atoms with Gasteiger partial charge in [-0.1, -0.05) is 6.07 Å². The number of amides is 1. The Hall–Kier alpha value is -1.88. The Morgan fingerprint density at radius 2 is 2.21 bits per heavy atom. The topological polar surface area (TPSA) is 61.0 Å². The van der Waals surface area contributed by atoms with Crippen molar-refractivity contribution in [2.24, 2.45) is 0 Å². The first kappa shape index (κ1) is 12.2. The summed E-state index contributed by atoms with van der Waals surface area (Å²) in [7, 11) is 2.12. The maximum atomic E-state index is 12.2. The van der Waals surface area contributed by atoms with E-state index in [9.17, 15) is 4.79 Å². The number of hydrogen-bond donors (Lipinski definition) is 2. The molecule has 1 aromatic carbocycles. The Kier molecular flexibility index (Phi) is 3.21. The molecule has 2 heterocycles. The molecule has 0 aliphatic carbocycles. The number of aromatic amines is 1. The number of likely N-dealkylation sites (tertiary alicyclic amines) is 1. The molecule has 5 heteroatoms. The number of piperidine rings is 1. The van der Waals surface area contributed by atoms with Crippen LogP contribution in [0.2, 0.25) is 0 Å². The smallest absolute Gasteiger partial charge is 0.251 e. The van der Waals surface area contributed by atoms with Crippen LogP contribution >= 0.6 is 0 Å². The second-order valence-corrected chi connectivity index (χ2v) is 5.22. The van der Waals surface area contributed by atoms with Gasteiger partial charge in [-0.2, -0.15) is 5.10 Å². The van der Waals surface area contributed by atoms with Gasteiger partial charge in [-0.15, -0.1) is 0 Å². The molecule has 0 atom stereocenters. The standard InChI is InChI=1S/C14H18N4O/c1-18-6-4-12(5-7-18)16-14(19)10-2-3-11-9-15-17-13(11)8-10/h2-3,8-9,12H,4-7H2,1H3,(H,15,17)(H,16,19). The quantitative estimate of drug-likeness (QED) is 0.855. The van der Waals surface area contributed by atoms with Gasteiger partial charge in [-0.25, -0.2) is 0 Å². The molecule has 1 amide bonds. The molecule has 1 aromatic heterocycles. The van der Waals surface area contributed by atoms with Crippen molar-refractivity contribution in [3.63, 3.8) is 0 Å². The first-order chi connectivity index (χ1) is 9.22. The van der Waals surface area contributed by atoms with Gasteiger partial charge in [0.25, 0.3) is 5.91 Å². The summed E-state index contributed by atoms with van der Waals surface area (Å²) in [6, 6.07) is 5.91. The molecule has 19 heavy (non-hydrogen) atoms. The molecule has 1 aliphatic heterocycles. The van der Waals surface area contributed by atoms with E-state index >= 15 is 0 Å². The maximum absolute atomic E-state index is 12.2. The SMILES string of the molecule is CN1CCC(NC(=O)c2ccc3cn[nH]c3c2)CC1. The Morgan fingerprint density at radius 1 is 1.42 bits per heavy atom. The first-order valence-corrected chi connectivity index (χ1v) is 6.65. The predicted octanol–water partition coefficient (Wildman–Crippen LogP) is 1.39. The third-order valence-corrected chi connectivity index (χ3v) is 3.76. The lowest BCUT2D eigenvalue weighted by Gasteiger charge is -2.29. The number of H-pyrrole nitrogens is 1. The van der Waals surface area contributed by atoms with Crippen LogP contribution in [0.15, 0.2) is 24.4 Å². The Bertz CT molecular complexity index is 584. The van der Waals surface area contributed by atoms with Crippen LogP contribution < -0.4 is 5.32 Å². The molecule has 0 unspecified atom stereocenters. The van der Waals surface area contributed by atoms with E-state index in [4.69, 9.17) is 0 Å². The zero-order valence-electron chi connectivity index (χ0n) is 11.0. The molecular formula is C14H18N4O. The number of fused-ring (bicyclic) bond motifs is 1. The molecule has 0 bridgehead atoms. The molecule has 1 aliphatic rings. The van der Waals surface area contributed by atoms with Crippen LogP contribution in [0.3, 0.4) is 0 Å². The lowest BCUT2D eigenvalue weighted by Crippen LogP contribution is -2.43. The van der Waals surface area contributed by atoms with Gasteiger partial charge in [0.05, 0.1) is 11.7 Å². The van der Waals surface area contributed by atoms with Crippen LogP contribution in [0.4, 0.5) is 0 Å². The summed E-state index contributed by atoms with van der Waals surface area (Å²) >= 11 is 0. The molecule has 3 rings (SSSR count). The van der Waals surface area contributed by atoms with Gasteiger partial charge < -0.3 is 10.2 Å². The van der Waals surface area contributed by atoms with Crippen molar-refractivity contribution < 1.29 is 4.79 Å². The van der Waals surface area contributed by atoms with E-state index in [1.807, 2.05) is 18.2 Å². The summed E-state index contributed by atoms with van der Waals surface area (Å²) in [6.45, 7) is 2.09. The van der Waals surface area contributed by atoms with E-state index in [0.29, 0.717) is 11.6 Å². The van der Waals surface area contributed by atoms with Crippen molar-refractivity contribution in [3.05, 3.63) is 30.0 Å². The number of hydrogen-bond acceptors (Lipinski definition) is 3. The van der Waals surface area contributed by atoms with Crippen molar-refractivity contribution in [3.8, 4) is 0 Å². The highest BCUT2D eigenvalue weighted by atomic mass is 16.1. The zero-order chi connectivity index (χ0) is 13.2. The van der Waals surface area contributed by atoms with E-state index in [1.165, 1.54) is 0 Å². The van der Waals surface area contributed by atoms with Crippen molar-refractivity contribution in [2.45, 2.75) is 18.9 Å². The number of benzene rings is 1. The Labute approximate surface area is 112 Å². The zero-order valence-corrected chi connectivity index (χ0v) is 11.0. The molecule has 2 aromatic rings. The molecule has 5 nitrogen and oxygen atoms in total. The summed E-state index contributed by atoms with van der Waals surface area (Å²) < 4.78 is 0. The fourth-order valence-corrected chi connectivity index (χ4v) is 2.50. The van der Waals surface area contributed by atoms with Gasteiger partial charge in [-0.3, -0.25) is 9.89 Å². The van der Waals surface area contributed by atoms with Crippen LogP contribution in [-0.2, 0) is 0 Å². The normalized spacial score (nSPS) is 17.7. The summed E-state index contributed by atoms with van der Waals surface area (Å²) in [5.74, 6) is 0.00560. The van der Waals surface area contributed by atoms with Crippen molar-refractivity contribution in [1.29, 1.82) is 0 Å². The summed E-state index contributed by atoms with van der Waals surface area (Å²) in [5, 5.41) is 11.0. The first-order valence-electron chi connectivity index (χ1n) is 6.65. The highest BCUT2D eigenvalue weighted by Crippen LogP contribution is 2.14. The highest BCUT2D eigenvalue weighted by molar-refractivity contribution is 5.97. The number of nitrogens with zero attached hydrogens (tertiary/aromatic N) is 2. The average Bonchev–Trinajstić information content (AvgIpc) is 2.88. The molecule has 0 saturated carbocycles. The van der Waals surface area contributed by atoms with Crippen LogP contribution in [0, 0.1) is 0 Å². The predicted molar refractivity (Wildman–Crippen MR) is 74.1 cm³/mol. The third-order valence-electron chi connectivity index (χ3n) is 3.76. The molecule has 0 radical (unpaired) electrons. The van der Waals surface area contributed by atoms with Gasteiger partial charge in [0.15, 0.2) is 0 Å². The van der Waals surface area contributed by atoms with Crippen molar-refractivity contribution in [1.82, 2.24) is 20.4 Å². The molecule has 100 valence electrons. The largest absolute Gasteiger partial charge is 0.349 e. The van der Waals surface area contributed by atoms with E-state index < -0.39 is 0 Å². The van der Waals surface area contributed by atoms with E-state index in [0.717, 1.165) is 36.8 Å². The lowest BCUT2D eigenvalue weighted by molar-refractivity contribution is 0.0917. The number of carbonyl (C=O) groups is 1. The molecular weight excluding hydrogens is 240 g/mol. The maximum Gasteiger partial charge on any atom is 0.251 e. The molecule has 0 spiro atoms. The second-order valence-electron chi connectivity index (χ2n) is 5.22. The van der Waals surface area contributed by atoms with Gasteiger partial charge >= 0.3 is 0 Å². The van der Waals surface area contributed by atoms with Crippen molar-refractivity contribution >= 4 is 16.8 Å². The number of rotatable bonds is 2. The van der Waals surface area contributed by atoms with Gasteiger partial charge in [0, 0.05) is 17.0 Å². The van der Waals surface area contributed by atoms with Gasteiger partial charge in [-0.05, 0) is 45.1 Å². The average molecular weight is 258 g/mol. The minimum atomic E-state index is 0.00560. The summed E-state index contributed by atoms with van der Waals surface area (Å²) in [5.41, 5.74) is 1.59. The lowest BCUT2D eigenvalue weighted by atomic mass is 10.0. The van der Waals surface area contributed by atoms with Crippen LogP contribution in [0.25, 0.3) is 10.9 Å². The molecule has 2 N–H and O–H groups in total. The summed E-state index contributed by atoms with van der Waals surface area (Å²) in [4.78, 5) is 14.5.